The Kier molecular flexibility index (Phi) is 3.44. The van der Waals surface area contributed by atoms with E-state index in [0.717, 1.165) is 29.0 Å². The lowest BCUT2D eigenvalue weighted by Crippen LogP contribution is -1.97. The molecule has 3 rings (SSSR count). The van der Waals surface area contributed by atoms with Crippen molar-refractivity contribution in [2.24, 2.45) is 0 Å². The van der Waals surface area contributed by atoms with Gasteiger partial charge in [0.25, 0.3) is 0 Å². The number of fused-ring (bicyclic) bond motifs is 1. The van der Waals surface area contributed by atoms with Gasteiger partial charge < -0.3 is 9.67 Å². The number of aromatic nitrogens is 2. The Bertz CT molecular complexity index is 798. The zero-order valence-corrected chi connectivity index (χ0v) is 13.1. The Balaban J connectivity index is 2.30. The van der Waals surface area contributed by atoms with Crippen LogP contribution < -0.4 is 0 Å². The van der Waals surface area contributed by atoms with Crippen molar-refractivity contribution in [2.75, 3.05) is 0 Å². The predicted molar refractivity (Wildman–Crippen MR) is 85.2 cm³/mol. The van der Waals surface area contributed by atoms with Crippen molar-refractivity contribution in [1.82, 2.24) is 9.55 Å². The lowest BCUT2D eigenvalue weighted by Gasteiger charge is -2.07. The van der Waals surface area contributed by atoms with Gasteiger partial charge >= 0.3 is 0 Å². The minimum absolute atomic E-state index is 0.198. The van der Waals surface area contributed by atoms with Gasteiger partial charge in [-0.2, -0.15) is 0 Å². The van der Waals surface area contributed by atoms with E-state index in [-0.39, 0.29) is 5.75 Å². The van der Waals surface area contributed by atoms with Crippen molar-refractivity contribution >= 4 is 38.6 Å². The summed E-state index contributed by atoms with van der Waals surface area (Å²) in [7, 11) is 0. The largest absolute Gasteiger partial charge is 0.507 e. The van der Waals surface area contributed by atoms with Gasteiger partial charge in [-0.1, -0.05) is 17.7 Å². The molecule has 1 heterocycles. The summed E-state index contributed by atoms with van der Waals surface area (Å²) in [6.07, 6.45) is 0. The van der Waals surface area contributed by atoms with E-state index < -0.39 is 0 Å². The van der Waals surface area contributed by atoms with E-state index in [2.05, 4.69) is 25.5 Å². The van der Waals surface area contributed by atoms with Crippen LogP contribution in [0.25, 0.3) is 22.4 Å². The van der Waals surface area contributed by atoms with Crippen LogP contribution in [0.4, 0.5) is 0 Å². The summed E-state index contributed by atoms with van der Waals surface area (Å²) in [6, 6.07) is 11.1. The number of aryl methyl sites for hydroxylation is 1. The molecule has 3 nitrogen and oxygen atoms in total. The van der Waals surface area contributed by atoms with Gasteiger partial charge in [0.2, 0.25) is 0 Å². The van der Waals surface area contributed by atoms with Crippen LogP contribution >= 0.6 is 27.5 Å². The number of phenolic OH excluding ortho intramolecular Hbond substituents is 1. The van der Waals surface area contributed by atoms with Crippen molar-refractivity contribution in [3.05, 3.63) is 45.9 Å². The normalized spacial score (nSPS) is 11.2. The summed E-state index contributed by atoms with van der Waals surface area (Å²) in [5.74, 6) is 1.00. The van der Waals surface area contributed by atoms with Crippen molar-refractivity contribution in [3.63, 3.8) is 0 Å². The van der Waals surface area contributed by atoms with Crippen LogP contribution in [0.1, 0.15) is 6.92 Å². The van der Waals surface area contributed by atoms with Crippen molar-refractivity contribution in [3.8, 4) is 17.1 Å². The molecule has 5 heteroatoms. The number of benzene rings is 2. The molecule has 0 atom stereocenters. The SMILES string of the molecule is CCn1c(-c2ccc(Br)c(O)c2)nc2cccc(Cl)c21. The Labute approximate surface area is 130 Å². The molecule has 3 aromatic rings. The van der Waals surface area contributed by atoms with Gasteiger partial charge in [0.15, 0.2) is 0 Å². The lowest BCUT2D eigenvalue weighted by atomic mass is 10.2. The second kappa shape index (κ2) is 5.11. The van der Waals surface area contributed by atoms with Crippen molar-refractivity contribution < 1.29 is 5.11 Å². The third-order valence-electron chi connectivity index (χ3n) is 3.24. The third kappa shape index (κ3) is 2.09. The average molecular weight is 352 g/mol. The molecule has 0 fully saturated rings. The van der Waals surface area contributed by atoms with E-state index in [1.54, 1.807) is 6.07 Å². The molecule has 0 radical (unpaired) electrons. The van der Waals surface area contributed by atoms with E-state index in [1.165, 1.54) is 0 Å². The molecule has 0 aliphatic rings. The fraction of sp³-hybridized carbons (Fsp3) is 0.133. The van der Waals surface area contributed by atoms with Crippen LogP contribution in [-0.4, -0.2) is 14.7 Å². The molecule has 0 spiro atoms. The minimum atomic E-state index is 0.198. The first-order chi connectivity index (χ1) is 9.61. The molecule has 20 heavy (non-hydrogen) atoms. The Morgan fingerprint density at radius 3 is 2.80 bits per heavy atom. The maximum Gasteiger partial charge on any atom is 0.141 e. The third-order valence-corrected chi connectivity index (χ3v) is 4.21. The highest BCUT2D eigenvalue weighted by Crippen LogP contribution is 2.33. The molecular weight excluding hydrogens is 340 g/mol. The predicted octanol–water partition coefficient (Wildman–Crippen LogP) is 4.84. The number of rotatable bonds is 2. The molecule has 0 aliphatic heterocycles. The topological polar surface area (TPSA) is 38.0 Å². The first kappa shape index (κ1) is 13.5. The number of halogens is 2. The van der Waals surface area contributed by atoms with Gasteiger partial charge in [-0.3, -0.25) is 0 Å². The quantitative estimate of drug-likeness (QED) is 0.717. The van der Waals surface area contributed by atoms with Crippen LogP contribution in [-0.2, 0) is 6.54 Å². The molecule has 0 saturated heterocycles. The van der Waals surface area contributed by atoms with Crippen LogP contribution in [0.15, 0.2) is 40.9 Å². The Morgan fingerprint density at radius 2 is 2.10 bits per heavy atom. The smallest absolute Gasteiger partial charge is 0.141 e. The summed E-state index contributed by atoms with van der Waals surface area (Å²) >= 11 is 9.57. The Morgan fingerprint density at radius 1 is 1.30 bits per heavy atom. The first-order valence-corrected chi connectivity index (χ1v) is 7.42. The zero-order valence-electron chi connectivity index (χ0n) is 10.8. The molecular formula is C15H12BrClN2O. The number of hydrogen-bond donors (Lipinski definition) is 1. The summed E-state index contributed by atoms with van der Waals surface area (Å²) in [4.78, 5) is 4.64. The van der Waals surface area contributed by atoms with E-state index in [0.29, 0.717) is 9.50 Å². The lowest BCUT2D eigenvalue weighted by molar-refractivity contribution is 0.472. The standard InChI is InChI=1S/C15H12BrClN2O/c1-2-19-14-11(17)4-3-5-12(14)18-15(19)9-6-7-10(16)13(20)8-9/h3-8,20H,2H2,1H3. The van der Waals surface area contributed by atoms with Crippen molar-refractivity contribution in [1.29, 1.82) is 0 Å². The number of nitrogens with zero attached hydrogens (tertiary/aromatic N) is 2. The van der Waals surface area contributed by atoms with Gasteiger partial charge in [-0.05, 0) is 53.2 Å². The molecule has 0 bridgehead atoms. The molecule has 0 saturated carbocycles. The number of para-hydroxylation sites is 1. The summed E-state index contributed by atoms with van der Waals surface area (Å²) in [5.41, 5.74) is 2.64. The molecule has 2 aromatic carbocycles. The van der Waals surface area contributed by atoms with E-state index in [1.807, 2.05) is 37.3 Å². The number of hydrogen-bond acceptors (Lipinski definition) is 2. The van der Waals surface area contributed by atoms with E-state index >= 15 is 0 Å². The fourth-order valence-corrected chi connectivity index (χ4v) is 2.84. The fourth-order valence-electron chi connectivity index (χ4n) is 2.32. The Hall–Kier alpha value is -1.52. The van der Waals surface area contributed by atoms with Crippen LogP contribution in [0, 0.1) is 0 Å². The molecule has 1 N–H and O–H groups in total. The van der Waals surface area contributed by atoms with E-state index in [9.17, 15) is 5.11 Å². The highest BCUT2D eigenvalue weighted by atomic mass is 79.9. The zero-order chi connectivity index (χ0) is 14.3. The monoisotopic (exact) mass is 350 g/mol. The van der Waals surface area contributed by atoms with Crippen LogP contribution in [0.5, 0.6) is 5.75 Å². The average Bonchev–Trinajstić information content (AvgIpc) is 2.82. The van der Waals surface area contributed by atoms with Crippen LogP contribution in [0.3, 0.4) is 0 Å². The van der Waals surface area contributed by atoms with Gasteiger partial charge in [0.1, 0.15) is 11.6 Å². The minimum Gasteiger partial charge on any atom is -0.507 e. The van der Waals surface area contributed by atoms with Crippen LogP contribution in [0.2, 0.25) is 5.02 Å². The summed E-state index contributed by atoms with van der Waals surface area (Å²) < 4.78 is 2.72. The molecule has 102 valence electrons. The van der Waals surface area contributed by atoms with Gasteiger partial charge in [0.05, 0.1) is 20.5 Å². The van der Waals surface area contributed by atoms with Gasteiger partial charge in [-0.15, -0.1) is 0 Å². The highest BCUT2D eigenvalue weighted by Gasteiger charge is 2.14. The first-order valence-electron chi connectivity index (χ1n) is 6.25. The molecule has 0 unspecified atom stereocenters. The molecule has 0 aliphatic carbocycles. The summed E-state index contributed by atoms with van der Waals surface area (Å²) in [5, 5.41) is 10.5. The molecule has 1 aromatic heterocycles. The molecule has 0 amide bonds. The number of imidazole rings is 1. The number of phenols is 1. The highest BCUT2D eigenvalue weighted by molar-refractivity contribution is 9.10. The van der Waals surface area contributed by atoms with Crippen molar-refractivity contribution in [2.45, 2.75) is 13.5 Å². The second-order valence-electron chi connectivity index (χ2n) is 4.45. The number of aromatic hydroxyl groups is 1. The maximum atomic E-state index is 9.84. The van der Waals surface area contributed by atoms with E-state index in [4.69, 9.17) is 11.6 Å². The van der Waals surface area contributed by atoms with Gasteiger partial charge in [-0.25, -0.2) is 4.98 Å². The maximum absolute atomic E-state index is 9.84. The summed E-state index contributed by atoms with van der Waals surface area (Å²) in [6.45, 7) is 2.80. The second-order valence-corrected chi connectivity index (χ2v) is 5.71. The van der Waals surface area contributed by atoms with Gasteiger partial charge in [0, 0.05) is 12.1 Å².